The van der Waals surface area contributed by atoms with Gasteiger partial charge in [-0.15, -0.1) is 0 Å². The lowest BCUT2D eigenvalue weighted by atomic mass is 10.0. The van der Waals surface area contributed by atoms with Crippen LogP contribution >= 0.6 is 11.6 Å². The van der Waals surface area contributed by atoms with Gasteiger partial charge in [-0.3, -0.25) is 0 Å². The van der Waals surface area contributed by atoms with Gasteiger partial charge in [0.1, 0.15) is 6.04 Å². The Hall–Kier alpha value is -2.86. The molecule has 1 aliphatic heterocycles. The van der Waals surface area contributed by atoms with E-state index in [1.165, 1.54) is 0 Å². The second kappa shape index (κ2) is 8.02. The minimum Gasteiger partial charge on any atom is -0.337 e. The minimum atomic E-state index is -0.238. The highest BCUT2D eigenvalue weighted by Crippen LogP contribution is 2.32. The quantitative estimate of drug-likeness (QED) is 0.638. The first-order chi connectivity index (χ1) is 13.6. The summed E-state index contributed by atoms with van der Waals surface area (Å²) >= 11 is 6.06. The van der Waals surface area contributed by atoms with E-state index in [9.17, 15) is 4.79 Å². The van der Waals surface area contributed by atoms with Crippen molar-refractivity contribution < 1.29 is 9.32 Å². The third kappa shape index (κ3) is 3.87. The van der Waals surface area contributed by atoms with Gasteiger partial charge in [0.15, 0.2) is 0 Å². The van der Waals surface area contributed by atoms with Crippen LogP contribution in [0.15, 0.2) is 53.1 Å². The number of para-hydroxylation sites is 1. The van der Waals surface area contributed by atoms with Gasteiger partial charge in [-0.25, -0.2) is 4.79 Å². The molecule has 2 aromatic carbocycles. The van der Waals surface area contributed by atoms with Gasteiger partial charge in [0.05, 0.1) is 0 Å². The zero-order valence-electron chi connectivity index (χ0n) is 15.6. The van der Waals surface area contributed by atoms with Crippen LogP contribution in [0.3, 0.4) is 0 Å². The van der Waals surface area contributed by atoms with E-state index in [0.717, 1.165) is 36.1 Å². The first-order valence-electron chi connectivity index (χ1n) is 9.34. The molecule has 0 spiro atoms. The maximum absolute atomic E-state index is 12.9. The number of urea groups is 1. The number of halogens is 1. The summed E-state index contributed by atoms with van der Waals surface area (Å²) in [6.45, 7) is 2.62. The van der Waals surface area contributed by atoms with Gasteiger partial charge in [-0.2, -0.15) is 4.98 Å². The molecular weight excluding hydrogens is 376 g/mol. The van der Waals surface area contributed by atoms with E-state index in [1.807, 2.05) is 43.3 Å². The number of carbonyl (C=O) groups excluding carboxylic acids is 1. The van der Waals surface area contributed by atoms with Crippen molar-refractivity contribution in [1.82, 2.24) is 15.0 Å². The zero-order chi connectivity index (χ0) is 19.5. The van der Waals surface area contributed by atoms with Crippen molar-refractivity contribution in [2.45, 2.75) is 32.2 Å². The summed E-state index contributed by atoms with van der Waals surface area (Å²) in [5.74, 6) is 0.928. The second-order valence-corrected chi connectivity index (χ2v) is 7.35. The molecule has 1 atom stereocenters. The molecule has 0 saturated carbocycles. The summed E-state index contributed by atoms with van der Waals surface area (Å²) in [4.78, 5) is 19.3. The number of aromatic nitrogens is 2. The Balaban J connectivity index is 1.56. The lowest BCUT2D eigenvalue weighted by Gasteiger charge is -2.33. The summed E-state index contributed by atoms with van der Waals surface area (Å²) in [7, 11) is 0. The van der Waals surface area contributed by atoms with Gasteiger partial charge in [0, 0.05) is 22.8 Å². The molecule has 3 aromatic rings. The highest BCUT2D eigenvalue weighted by molar-refractivity contribution is 6.30. The monoisotopic (exact) mass is 396 g/mol. The highest BCUT2D eigenvalue weighted by Gasteiger charge is 2.32. The van der Waals surface area contributed by atoms with Gasteiger partial charge in [-0.1, -0.05) is 47.1 Å². The average molecular weight is 397 g/mol. The average Bonchev–Trinajstić information content (AvgIpc) is 3.20. The lowest BCUT2D eigenvalue weighted by Crippen LogP contribution is -2.41. The van der Waals surface area contributed by atoms with Crippen molar-refractivity contribution in [3.8, 4) is 11.4 Å². The maximum Gasteiger partial charge on any atom is 0.322 e. The van der Waals surface area contributed by atoms with Crippen LogP contribution in [-0.2, 0) is 0 Å². The number of rotatable bonds is 3. The van der Waals surface area contributed by atoms with E-state index < -0.39 is 0 Å². The fourth-order valence-electron chi connectivity index (χ4n) is 3.45. The summed E-state index contributed by atoms with van der Waals surface area (Å²) in [5, 5.41) is 7.71. The summed E-state index contributed by atoms with van der Waals surface area (Å²) in [6.07, 6.45) is 2.75. The van der Waals surface area contributed by atoms with Crippen molar-refractivity contribution in [1.29, 1.82) is 0 Å². The molecule has 6 nitrogen and oxygen atoms in total. The molecule has 7 heteroatoms. The van der Waals surface area contributed by atoms with Crippen LogP contribution in [0.25, 0.3) is 11.4 Å². The minimum absolute atomic E-state index is 0.151. The Labute approximate surface area is 168 Å². The number of carbonyl (C=O) groups is 1. The standard InChI is InChI=1S/C21H21ClN4O2/c1-14-7-2-3-10-17(14)23-21(27)26-12-5-4-11-18(26)20-24-19(25-28-20)15-8-6-9-16(22)13-15/h2-3,6-10,13,18H,4-5,11-12H2,1H3,(H,23,27)/t18-/m0/s1. The number of anilines is 1. The zero-order valence-corrected chi connectivity index (χ0v) is 16.3. The van der Waals surface area contributed by atoms with Crippen molar-refractivity contribution >= 4 is 23.3 Å². The number of hydrogen-bond acceptors (Lipinski definition) is 4. The molecule has 1 N–H and O–H groups in total. The Morgan fingerprint density at radius 1 is 1.21 bits per heavy atom. The Morgan fingerprint density at radius 2 is 2.07 bits per heavy atom. The number of nitrogens with zero attached hydrogens (tertiary/aromatic N) is 3. The summed E-state index contributed by atoms with van der Waals surface area (Å²) in [5.41, 5.74) is 2.61. The number of amides is 2. The first-order valence-corrected chi connectivity index (χ1v) is 9.72. The molecule has 0 radical (unpaired) electrons. The molecule has 0 aliphatic carbocycles. The Morgan fingerprint density at radius 3 is 2.89 bits per heavy atom. The first kappa shape index (κ1) is 18.5. The molecular formula is C21H21ClN4O2. The van der Waals surface area contributed by atoms with Crippen LogP contribution in [0.5, 0.6) is 0 Å². The maximum atomic E-state index is 12.9. The predicted molar refractivity (Wildman–Crippen MR) is 108 cm³/mol. The van der Waals surface area contributed by atoms with E-state index in [-0.39, 0.29) is 12.1 Å². The number of benzene rings is 2. The van der Waals surface area contributed by atoms with E-state index >= 15 is 0 Å². The molecule has 4 rings (SSSR count). The number of hydrogen-bond donors (Lipinski definition) is 1. The molecule has 1 aliphatic rings. The normalized spacial score (nSPS) is 16.8. The molecule has 0 unspecified atom stereocenters. The van der Waals surface area contributed by atoms with Gasteiger partial charge >= 0.3 is 6.03 Å². The smallest absolute Gasteiger partial charge is 0.322 e. The van der Waals surface area contributed by atoms with Crippen LogP contribution in [0.2, 0.25) is 5.02 Å². The third-order valence-corrected chi connectivity index (χ3v) is 5.20. The second-order valence-electron chi connectivity index (χ2n) is 6.92. The predicted octanol–water partition coefficient (Wildman–Crippen LogP) is 5.46. The summed E-state index contributed by atoms with van der Waals surface area (Å²) < 4.78 is 5.53. The number of piperidine rings is 1. The lowest BCUT2D eigenvalue weighted by molar-refractivity contribution is 0.142. The van der Waals surface area contributed by atoms with Crippen molar-refractivity contribution in [3.05, 3.63) is 65.0 Å². The van der Waals surface area contributed by atoms with Crippen LogP contribution in [-0.4, -0.2) is 27.6 Å². The molecule has 144 valence electrons. The number of nitrogens with one attached hydrogen (secondary N) is 1. The van der Waals surface area contributed by atoms with E-state index in [2.05, 4.69) is 15.5 Å². The van der Waals surface area contributed by atoms with Gasteiger partial charge in [0.2, 0.25) is 11.7 Å². The highest BCUT2D eigenvalue weighted by atomic mass is 35.5. The topological polar surface area (TPSA) is 71.3 Å². The van der Waals surface area contributed by atoms with Gasteiger partial charge in [-0.05, 0) is 49.9 Å². The Kier molecular flexibility index (Phi) is 5.30. The third-order valence-electron chi connectivity index (χ3n) is 4.96. The molecule has 1 saturated heterocycles. The van der Waals surface area contributed by atoms with Crippen LogP contribution in [0.1, 0.15) is 36.8 Å². The van der Waals surface area contributed by atoms with Crippen LogP contribution in [0.4, 0.5) is 10.5 Å². The molecule has 1 aromatic heterocycles. The fraction of sp³-hybridized carbons (Fsp3) is 0.286. The van der Waals surface area contributed by atoms with E-state index in [0.29, 0.717) is 23.3 Å². The largest absolute Gasteiger partial charge is 0.337 e. The molecule has 0 bridgehead atoms. The summed E-state index contributed by atoms with van der Waals surface area (Å²) in [6, 6.07) is 14.6. The Bertz CT molecular complexity index is 988. The van der Waals surface area contributed by atoms with Gasteiger partial charge in [0.25, 0.3) is 0 Å². The number of aryl methyl sites for hydroxylation is 1. The van der Waals surface area contributed by atoms with Crippen LogP contribution < -0.4 is 5.32 Å². The van der Waals surface area contributed by atoms with Crippen LogP contribution in [0, 0.1) is 6.92 Å². The van der Waals surface area contributed by atoms with Crippen molar-refractivity contribution in [2.75, 3.05) is 11.9 Å². The van der Waals surface area contributed by atoms with E-state index in [1.54, 1.807) is 17.0 Å². The van der Waals surface area contributed by atoms with Crippen molar-refractivity contribution in [2.24, 2.45) is 0 Å². The SMILES string of the molecule is Cc1ccccc1NC(=O)N1CCCC[C@H]1c1nc(-c2cccc(Cl)c2)no1. The van der Waals surface area contributed by atoms with E-state index in [4.69, 9.17) is 16.1 Å². The fourth-order valence-corrected chi connectivity index (χ4v) is 3.64. The van der Waals surface area contributed by atoms with Crippen molar-refractivity contribution in [3.63, 3.8) is 0 Å². The van der Waals surface area contributed by atoms with Gasteiger partial charge < -0.3 is 14.7 Å². The molecule has 1 fully saturated rings. The number of likely N-dealkylation sites (tertiary alicyclic amines) is 1. The molecule has 2 heterocycles. The molecule has 28 heavy (non-hydrogen) atoms. The molecule has 2 amide bonds.